The molecule has 2 fully saturated rings. The average molecular weight is 330 g/mol. The minimum atomic E-state index is 0.620. The van der Waals surface area contributed by atoms with Crippen LogP contribution in [0.1, 0.15) is 52.0 Å². The molecular weight excluding hydrogens is 294 g/mol. The first-order valence-electron chi connectivity index (χ1n) is 9.87. The van der Waals surface area contributed by atoms with Gasteiger partial charge in [0, 0.05) is 57.0 Å². The molecule has 134 valence electrons. The largest absolute Gasteiger partial charge is 0.371 e. The number of hydrogen-bond donors (Lipinski definition) is 0. The molecule has 3 heteroatoms. The summed E-state index contributed by atoms with van der Waals surface area (Å²) < 4.78 is 0. The lowest BCUT2D eigenvalue weighted by molar-refractivity contribution is 0.0692. The lowest BCUT2D eigenvalue weighted by Gasteiger charge is -2.44. The van der Waals surface area contributed by atoms with Crippen LogP contribution < -0.4 is 4.90 Å². The molecule has 3 rings (SSSR count). The Labute approximate surface area is 148 Å². The van der Waals surface area contributed by atoms with E-state index >= 15 is 0 Å². The molecule has 0 saturated carbocycles. The van der Waals surface area contributed by atoms with Crippen LogP contribution in [0.3, 0.4) is 0 Å². The van der Waals surface area contributed by atoms with Gasteiger partial charge < -0.3 is 4.90 Å². The molecule has 0 radical (unpaired) electrons. The molecule has 2 aliphatic rings. The smallest absolute Gasteiger partial charge is 0.0366 e. The van der Waals surface area contributed by atoms with Crippen LogP contribution in [0.2, 0.25) is 0 Å². The zero-order chi connectivity index (χ0) is 17.1. The second kappa shape index (κ2) is 7.88. The van der Waals surface area contributed by atoms with Gasteiger partial charge in [-0.3, -0.25) is 9.80 Å². The zero-order valence-corrected chi connectivity index (χ0v) is 16.0. The van der Waals surface area contributed by atoms with E-state index in [1.54, 1.807) is 0 Å². The van der Waals surface area contributed by atoms with Crippen molar-refractivity contribution in [2.24, 2.45) is 0 Å². The predicted molar refractivity (Wildman–Crippen MR) is 104 cm³/mol. The molecule has 0 bridgehead atoms. The maximum Gasteiger partial charge on any atom is 0.0366 e. The molecule has 1 aromatic rings. The Morgan fingerprint density at radius 3 is 1.88 bits per heavy atom. The Morgan fingerprint density at radius 1 is 0.792 bits per heavy atom. The Balaban J connectivity index is 1.49. The number of piperazine rings is 1. The van der Waals surface area contributed by atoms with Gasteiger partial charge in [0.25, 0.3) is 0 Å². The van der Waals surface area contributed by atoms with Gasteiger partial charge in [0.1, 0.15) is 0 Å². The maximum absolute atomic E-state index is 2.75. The van der Waals surface area contributed by atoms with Gasteiger partial charge in [-0.05, 0) is 50.3 Å². The zero-order valence-electron chi connectivity index (χ0n) is 16.0. The van der Waals surface area contributed by atoms with Crippen LogP contribution in [0.5, 0.6) is 0 Å². The molecule has 0 atom stereocenters. The summed E-state index contributed by atoms with van der Waals surface area (Å²) >= 11 is 0. The van der Waals surface area contributed by atoms with E-state index in [1.807, 2.05) is 0 Å². The molecule has 0 N–H and O–H groups in total. The van der Waals surface area contributed by atoms with Gasteiger partial charge in [-0.2, -0.15) is 0 Å². The first-order chi connectivity index (χ1) is 11.5. The molecule has 1 aromatic carbocycles. The van der Waals surface area contributed by atoms with E-state index in [0.29, 0.717) is 12.0 Å². The third-order valence-electron chi connectivity index (χ3n) is 5.98. The summed E-state index contributed by atoms with van der Waals surface area (Å²) in [7, 11) is 0. The Kier molecular flexibility index (Phi) is 5.83. The van der Waals surface area contributed by atoms with Crippen LogP contribution in [0.15, 0.2) is 24.3 Å². The van der Waals surface area contributed by atoms with E-state index in [1.165, 1.54) is 63.4 Å². The van der Waals surface area contributed by atoms with E-state index in [9.17, 15) is 0 Å². The Bertz CT molecular complexity index is 492. The summed E-state index contributed by atoms with van der Waals surface area (Å²) in [5.74, 6) is 0.620. The monoisotopic (exact) mass is 329 g/mol. The first-order valence-corrected chi connectivity index (χ1v) is 9.87. The van der Waals surface area contributed by atoms with Crippen molar-refractivity contribution in [1.82, 2.24) is 9.80 Å². The van der Waals surface area contributed by atoms with Gasteiger partial charge in [0.2, 0.25) is 0 Å². The average Bonchev–Trinajstić information content (AvgIpc) is 2.62. The van der Waals surface area contributed by atoms with Crippen LogP contribution in [-0.2, 0) is 0 Å². The summed E-state index contributed by atoms with van der Waals surface area (Å²) in [4.78, 5) is 7.94. The molecule has 24 heavy (non-hydrogen) atoms. The molecule has 0 aromatic heterocycles. The minimum absolute atomic E-state index is 0.620. The molecule has 0 spiro atoms. The number of hydrogen-bond acceptors (Lipinski definition) is 3. The normalized spacial score (nSPS) is 21.8. The SMILES string of the molecule is CC(C)c1ccc(N2CCC(N3CCN(C(C)C)CC3)CC2)cc1. The third-order valence-corrected chi connectivity index (χ3v) is 5.98. The highest BCUT2D eigenvalue weighted by Crippen LogP contribution is 2.25. The van der Waals surface area contributed by atoms with Crippen LogP contribution in [-0.4, -0.2) is 61.2 Å². The third kappa shape index (κ3) is 4.12. The van der Waals surface area contributed by atoms with Crippen molar-refractivity contribution in [1.29, 1.82) is 0 Å². The molecule has 2 heterocycles. The van der Waals surface area contributed by atoms with Crippen molar-refractivity contribution in [3.8, 4) is 0 Å². The summed E-state index contributed by atoms with van der Waals surface area (Å²) in [5, 5.41) is 0. The topological polar surface area (TPSA) is 9.72 Å². The van der Waals surface area contributed by atoms with Crippen molar-refractivity contribution in [3.05, 3.63) is 29.8 Å². The first kappa shape index (κ1) is 17.8. The van der Waals surface area contributed by atoms with Crippen molar-refractivity contribution in [2.75, 3.05) is 44.2 Å². The van der Waals surface area contributed by atoms with Crippen LogP contribution in [0.25, 0.3) is 0 Å². The molecular formula is C21H35N3. The molecule has 2 saturated heterocycles. The molecule has 0 amide bonds. The summed E-state index contributed by atoms with van der Waals surface area (Å²) in [6.07, 6.45) is 2.63. The quantitative estimate of drug-likeness (QED) is 0.832. The lowest BCUT2D eigenvalue weighted by Crippen LogP contribution is -2.54. The number of nitrogens with zero attached hydrogens (tertiary/aromatic N) is 3. The van der Waals surface area contributed by atoms with Crippen LogP contribution >= 0.6 is 0 Å². The molecule has 2 aliphatic heterocycles. The minimum Gasteiger partial charge on any atom is -0.371 e. The fourth-order valence-corrected chi connectivity index (χ4v) is 4.18. The Hall–Kier alpha value is -1.06. The second-order valence-corrected chi connectivity index (χ2v) is 8.13. The van der Waals surface area contributed by atoms with E-state index < -0.39 is 0 Å². The highest BCUT2D eigenvalue weighted by Gasteiger charge is 2.28. The highest BCUT2D eigenvalue weighted by atomic mass is 15.3. The number of piperidine rings is 1. The number of rotatable bonds is 4. The van der Waals surface area contributed by atoms with Crippen molar-refractivity contribution in [3.63, 3.8) is 0 Å². The predicted octanol–water partition coefficient (Wildman–Crippen LogP) is 3.80. The summed E-state index contributed by atoms with van der Waals surface area (Å²) in [6.45, 7) is 16.6. The van der Waals surface area contributed by atoms with E-state index in [0.717, 1.165) is 6.04 Å². The summed E-state index contributed by atoms with van der Waals surface area (Å²) in [5.41, 5.74) is 2.85. The van der Waals surface area contributed by atoms with Crippen molar-refractivity contribution < 1.29 is 0 Å². The fraction of sp³-hybridized carbons (Fsp3) is 0.714. The van der Waals surface area contributed by atoms with E-state index in [4.69, 9.17) is 0 Å². The van der Waals surface area contributed by atoms with Crippen LogP contribution in [0.4, 0.5) is 5.69 Å². The fourth-order valence-electron chi connectivity index (χ4n) is 4.18. The summed E-state index contributed by atoms with van der Waals surface area (Å²) in [6, 6.07) is 10.7. The van der Waals surface area contributed by atoms with Gasteiger partial charge >= 0.3 is 0 Å². The maximum atomic E-state index is 2.75. The lowest BCUT2D eigenvalue weighted by atomic mass is 10.00. The van der Waals surface area contributed by atoms with E-state index in [2.05, 4.69) is 66.7 Å². The second-order valence-electron chi connectivity index (χ2n) is 8.13. The van der Waals surface area contributed by atoms with Crippen molar-refractivity contribution in [2.45, 2.75) is 58.5 Å². The number of benzene rings is 1. The van der Waals surface area contributed by atoms with E-state index in [-0.39, 0.29) is 0 Å². The van der Waals surface area contributed by atoms with Gasteiger partial charge in [0.15, 0.2) is 0 Å². The van der Waals surface area contributed by atoms with Gasteiger partial charge in [-0.1, -0.05) is 26.0 Å². The van der Waals surface area contributed by atoms with Crippen LogP contribution in [0, 0.1) is 0 Å². The van der Waals surface area contributed by atoms with Gasteiger partial charge in [-0.15, -0.1) is 0 Å². The van der Waals surface area contributed by atoms with Crippen molar-refractivity contribution >= 4 is 5.69 Å². The highest BCUT2D eigenvalue weighted by molar-refractivity contribution is 5.48. The van der Waals surface area contributed by atoms with Gasteiger partial charge in [0.05, 0.1) is 0 Å². The Morgan fingerprint density at radius 2 is 1.38 bits per heavy atom. The molecule has 0 unspecified atom stereocenters. The number of anilines is 1. The molecule has 3 nitrogen and oxygen atoms in total. The van der Waals surface area contributed by atoms with Gasteiger partial charge in [-0.25, -0.2) is 0 Å². The standard InChI is InChI=1S/C21H35N3/c1-17(2)19-5-7-20(8-6-19)23-11-9-21(10-12-23)24-15-13-22(14-16-24)18(3)4/h5-8,17-18,21H,9-16H2,1-4H3. The molecule has 0 aliphatic carbocycles.